The number of amides is 4. The number of alkyl carbamates (subject to hydrolysis) is 1. The van der Waals surface area contributed by atoms with Crippen LogP contribution in [0.3, 0.4) is 0 Å². The quantitative estimate of drug-likeness (QED) is 0.110. The molecule has 248 valence electrons. The van der Waals surface area contributed by atoms with Gasteiger partial charge in [-0.1, -0.05) is 30.3 Å². The standard InChI is InChI=1S/C33H33N7O8/c1-20(42)36-32-37-28-26(29(43)38-32)13-22(15-35-28)16-39(19-41)24-10-11-25-23(14-24)17-40(30(25)44)27(31(45)47-2)9-6-12-34-33(46)48-18-21-7-4-3-5-8-21/h3-5,7-8,10-11,13-15,19,27H,6,9,12,16-18H2,1-2H3,(H,34,46)(H2,35,36,37,38,42,43)/t27-/m0/s1. The van der Waals surface area contributed by atoms with Crippen molar-refractivity contribution in [2.45, 2.75) is 45.5 Å². The van der Waals surface area contributed by atoms with Crippen LogP contribution < -0.4 is 21.1 Å². The molecule has 15 heteroatoms. The number of esters is 1. The van der Waals surface area contributed by atoms with Gasteiger partial charge in [-0.3, -0.25) is 29.5 Å². The van der Waals surface area contributed by atoms with Gasteiger partial charge in [0.15, 0.2) is 5.65 Å². The molecule has 0 unspecified atom stereocenters. The monoisotopic (exact) mass is 655 g/mol. The Morgan fingerprint density at radius 2 is 1.90 bits per heavy atom. The highest BCUT2D eigenvalue weighted by Crippen LogP contribution is 2.30. The molecule has 15 nitrogen and oxygen atoms in total. The molecule has 1 aliphatic heterocycles. The SMILES string of the molecule is COC(=O)[C@H](CCCNC(=O)OCc1ccccc1)N1Cc2cc(N(C=O)Cc3cnc4nc(NC(C)=O)[nH]c(=O)c4c3)ccc2C1=O. The molecule has 2 aromatic heterocycles. The molecular formula is C33H33N7O8. The predicted molar refractivity (Wildman–Crippen MR) is 173 cm³/mol. The van der Waals surface area contributed by atoms with E-state index in [1.165, 1.54) is 30.0 Å². The number of hydrogen-bond acceptors (Lipinski definition) is 10. The Hall–Kier alpha value is -6.12. The number of methoxy groups -OCH3 is 1. The molecular weight excluding hydrogens is 622 g/mol. The van der Waals surface area contributed by atoms with Crippen molar-refractivity contribution >= 4 is 53.0 Å². The minimum Gasteiger partial charge on any atom is -0.467 e. The summed E-state index contributed by atoms with van der Waals surface area (Å²) in [7, 11) is 1.25. The third kappa shape index (κ3) is 7.81. The molecule has 1 atom stereocenters. The van der Waals surface area contributed by atoms with Crippen LogP contribution in [0.5, 0.6) is 0 Å². The zero-order valence-corrected chi connectivity index (χ0v) is 26.2. The molecule has 0 aliphatic carbocycles. The van der Waals surface area contributed by atoms with Gasteiger partial charge in [0.25, 0.3) is 11.5 Å². The normalized spacial score (nSPS) is 12.6. The van der Waals surface area contributed by atoms with Crippen molar-refractivity contribution in [3.05, 3.63) is 93.4 Å². The van der Waals surface area contributed by atoms with Crippen LogP contribution in [-0.4, -0.2) is 69.8 Å². The second kappa shape index (κ2) is 15.0. The van der Waals surface area contributed by atoms with Crippen molar-refractivity contribution in [2.75, 3.05) is 23.9 Å². The number of hydrogen-bond donors (Lipinski definition) is 3. The molecule has 0 bridgehead atoms. The number of aromatic amines is 1. The summed E-state index contributed by atoms with van der Waals surface area (Å²) in [6.45, 7) is 1.79. The second-order valence-electron chi connectivity index (χ2n) is 11.0. The fourth-order valence-corrected chi connectivity index (χ4v) is 5.32. The number of rotatable bonds is 13. The topological polar surface area (TPSA) is 193 Å². The number of ether oxygens (including phenoxy) is 2. The Bertz CT molecular complexity index is 1910. The van der Waals surface area contributed by atoms with E-state index in [1.807, 2.05) is 30.3 Å². The van der Waals surface area contributed by atoms with Crippen LogP contribution in [0, 0.1) is 0 Å². The highest BCUT2D eigenvalue weighted by atomic mass is 16.5. The maximum atomic E-state index is 13.4. The first-order chi connectivity index (χ1) is 23.2. The summed E-state index contributed by atoms with van der Waals surface area (Å²) in [5.41, 5.74) is 2.49. The van der Waals surface area contributed by atoms with Crippen LogP contribution in [0.4, 0.5) is 16.4 Å². The first-order valence-corrected chi connectivity index (χ1v) is 15.0. The number of carbonyl (C=O) groups is 5. The van der Waals surface area contributed by atoms with Crippen LogP contribution in [0.1, 0.15) is 46.8 Å². The third-order valence-electron chi connectivity index (χ3n) is 7.63. The Labute approximate surface area is 274 Å². The number of aromatic nitrogens is 3. The molecule has 1 aliphatic rings. The minimum atomic E-state index is -0.899. The Kier molecular flexibility index (Phi) is 10.4. The van der Waals surface area contributed by atoms with Crippen LogP contribution in [0.2, 0.25) is 0 Å². The van der Waals surface area contributed by atoms with E-state index in [0.717, 1.165) is 5.56 Å². The summed E-state index contributed by atoms with van der Waals surface area (Å²) >= 11 is 0. The van der Waals surface area contributed by atoms with Gasteiger partial charge in [-0.25, -0.2) is 14.6 Å². The lowest BCUT2D eigenvalue weighted by Crippen LogP contribution is -2.42. The smallest absolute Gasteiger partial charge is 0.407 e. The van der Waals surface area contributed by atoms with Gasteiger partial charge in [-0.05, 0) is 53.8 Å². The van der Waals surface area contributed by atoms with Gasteiger partial charge in [0.2, 0.25) is 18.3 Å². The summed E-state index contributed by atoms with van der Waals surface area (Å²) < 4.78 is 10.2. The molecule has 3 N–H and O–H groups in total. The van der Waals surface area contributed by atoms with Gasteiger partial charge in [-0.15, -0.1) is 0 Å². The highest BCUT2D eigenvalue weighted by molar-refractivity contribution is 6.01. The second-order valence-corrected chi connectivity index (χ2v) is 11.0. The summed E-state index contributed by atoms with van der Waals surface area (Å²) in [6.07, 6.45) is 2.10. The summed E-state index contributed by atoms with van der Waals surface area (Å²) in [4.78, 5) is 88.0. The van der Waals surface area contributed by atoms with E-state index in [-0.39, 0.29) is 55.6 Å². The molecule has 0 saturated heterocycles. The number of nitrogens with one attached hydrogen (secondary N) is 3. The Morgan fingerprint density at radius 3 is 2.62 bits per heavy atom. The zero-order chi connectivity index (χ0) is 34.2. The van der Waals surface area contributed by atoms with Crippen molar-refractivity contribution in [3.8, 4) is 0 Å². The number of carbonyl (C=O) groups excluding carboxylic acids is 5. The van der Waals surface area contributed by atoms with Crippen molar-refractivity contribution in [1.82, 2.24) is 25.2 Å². The van der Waals surface area contributed by atoms with Crippen LogP contribution in [-0.2, 0) is 43.6 Å². The highest BCUT2D eigenvalue weighted by Gasteiger charge is 2.37. The average molecular weight is 656 g/mol. The largest absolute Gasteiger partial charge is 0.467 e. The zero-order valence-electron chi connectivity index (χ0n) is 26.2. The van der Waals surface area contributed by atoms with Gasteiger partial charge in [0, 0.05) is 37.5 Å². The number of benzene rings is 2. The van der Waals surface area contributed by atoms with Crippen molar-refractivity contribution < 1.29 is 33.4 Å². The van der Waals surface area contributed by atoms with E-state index in [1.54, 1.807) is 24.3 Å². The molecule has 0 fully saturated rings. The maximum Gasteiger partial charge on any atom is 0.407 e. The molecule has 5 rings (SSSR count). The van der Waals surface area contributed by atoms with Crippen LogP contribution >= 0.6 is 0 Å². The molecule has 2 aromatic carbocycles. The Balaban J connectivity index is 1.22. The predicted octanol–water partition coefficient (Wildman–Crippen LogP) is 2.64. The number of nitrogens with zero attached hydrogens (tertiary/aromatic N) is 4. The van der Waals surface area contributed by atoms with Crippen LogP contribution in [0.15, 0.2) is 65.6 Å². The molecule has 3 heterocycles. The molecule has 4 aromatic rings. The fraction of sp³-hybridized carbons (Fsp3) is 0.273. The Morgan fingerprint density at radius 1 is 1.10 bits per heavy atom. The summed E-state index contributed by atoms with van der Waals surface area (Å²) in [5, 5.41) is 5.24. The fourth-order valence-electron chi connectivity index (χ4n) is 5.32. The van der Waals surface area contributed by atoms with Gasteiger partial charge in [0.1, 0.15) is 12.6 Å². The van der Waals surface area contributed by atoms with Crippen LogP contribution in [0.25, 0.3) is 11.0 Å². The lowest BCUT2D eigenvalue weighted by atomic mass is 10.1. The van der Waals surface area contributed by atoms with Gasteiger partial charge < -0.3 is 24.6 Å². The molecule has 48 heavy (non-hydrogen) atoms. The van der Waals surface area contributed by atoms with E-state index >= 15 is 0 Å². The van der Waals surface area contributed by atoms with E-state index in [4.69, 9.17) is 9.47 Å². The molecule has 0 saturated carbocycles. The van der Waals surface area contributed by atoms with Crippen molar-refractivity contribution in [2.24, 2.45) is 0 Å². The summed E-state index contributed by atoms with van der Waals surface area (Å²) in [6, 6.07) is 14.8. The van der Waals surface area contributed by atoms with E-state index in [2.05, 4.69) is 25.6 Å². The van der Waals surface area contributed by atoms with Crippen molar-refractivity contribution in [3.63, 3.8) is 0 Å². The van der Waals surface area contributed by atoms with Gasteiger partial charge in [-0.2, -0.15) is 4.98 Å². The minimum absolute atomic E-state index is 0.0261. The van der Waals surface area contributed by atoms with Gasteiger partial charge >= 0.3 is 12.1 Å². The van der Waals surface area contributed by atoms with E-state index in [0.29, 0.717) is 35.2 Å². The first kappa shape index (κ1) is 33.2. The average Bonchev–Trinajstić information content (AvgIpc) is 3.41. The number of H-pyrrole nitrogens is 1. The van der Waals surface area contributed by atoms with Crippen molar-refractivity contribution in [1.29, 1.82) is 0 Å². The lowest BCUT2D eigenvalue weighted by Gasteiger charge is -2.25. The molecule has 0 spiro atoms. The lowest BCUT2D eigenvalue weighted by molar-refractivity contribution is -0.146. The molecule has 4 amide bonds. The maximum absolute atomic E-state index is 13.4. The first-order valence-electron chi connectivity index (χ1n) is 15.0. The van der Waals surface area contributed by atoms with E-state index < -0.39 is 29.6 Å². The summed E-state index contributed by atoms with van der Waals surface area (Å²) in [5.74, 6) is -1.37. The van der Waals surface area contributed by atoms with E-state index in [9.17, 15) is 28.8 Å². The number of pyridine rings is 1. The third-order valence-corrected chi connectivity index (χ3v) is 7.63. The number of anilines is 2. The number of fused-ring (bicyclic) bond motifs is 2. The molecule has 0 radical (unpaired) electrons. The van der Waals surface area contributed by atoms with Gasteiger partial charge in [0.05, 0.1) is 19.0 Å².